The highest BCUT2D eigenvalue weighted by molar-refractivity contribution is 5.92. The maximum Gasteiger partial charge on any atom is 0.272 e. The summed E-state index contributed by atoms with van der Waals surface area (Å²) < 4.78 is 6.81. The van der Waals surface area contributed by atoms with Crippen molar-refractivity contribution in [1.82, 2.24) is 15.1 Å². The predicted molar refractivity (Wildman–Crippen MR) is 104 cm³/mol. The second-order valence-corrected chi connectivity index (χ2v) is 6.36. The van der Waals surface area contributed by atoms with Gasteiger partial charge in [-0.1, -0.05) is 23.8 Å². The number of hydrogen-bond acceptors (Lipinski definition) is 5. The molecule has 144 valence electrons. The largest absolute Gasteiger partial charge is 0.496 e. The van der Waals surface area contributed by atoms with Gasteiger partial charge in [-0.2, -0.15) is 5.10 Å². The smallest absolute Gasteiger partial charge is 0.272 e. The summed E-state index contributed by atoms with van der Waals surface area (Å²) in [6, 6.07) is 13.1. The monoisotopic (exact) mass is 380 g/mol. The minimum atomic E-state index is -0.475. The van der Waals surface area contributed by atoms with Crippen LogP contribution in [0.4, 0.5) is 5.69 Å². The molecule has 1 amide bonds. The number of nitro benzene ring substituents is 1. The molecule has 28 heavy (non-hydrogen) atoms. The third-order valence-corrected chi connectivity index (χ3v) is 4.33. The van der Waals surface area contributed by atoms with Gasteiger partial charge in [-0.05, 0) is 32.0 Å². The molecule has 0 radical (unpaired) electrons. The number of nitrogens with zero attached hydrogens (tertiary/aromatic N) is 3. The number of benzene rings is 2. The first-order chi connectivity index (χ1) is 13.4. The van der Waals surface area contributed by atoms with Gasteiger partial charge in [0.05, 0.1) is 23.8 Å². The number of carbonyl (C=O) groups excluding carboxylic acids is 1. The molecule has 8 nitrogen and oxygen atoms in total. The minimum Gasteiger partial charge on any atom is -0.496 e. The zero-order chi connectivity index (χ0) is 20.3. The van der Waals surface area contributed by atoms with Crippen LogP contribution in [0, 0.1) is 17.0 Å². The summed E-state index contributed by atoms with van der Waals surface area (Å²) in [7, 11) is 1.59. The maximum atomic E-state index is 12.6. The molecule has 3 rings (SSSR count). The van der Waals surface area contributed by atoms with Gasteiger partial charge in [-0.3, -0.25) is 14.9 Å². The Morgan fingerprint density at radius 1 is 1.25 bits per heavy atom. The topological polar surface area (TPSA) is 99.3 Å². The van der Waals surface area contributed by atoms with Crippen molar-refractivity contribution < 1.29 is 14.5 Å². The molecule has 0 aliphatic heterocycles. The highest BCUT2D eigenvalue weighted by Gasteiger charge is 2.18. The summed E-state index contributed by atoms with van der Waals surface area (Å²) in [6.07, 6.45) is 1.59. The molecule has 1 unspecified atom stereocenters. The molecule has 0 aliphatic rings. The molecule has 1 N–H and O–H groups in total. The molecule has 3 aromatic rings. The summed E-state index contributed by atoms with van der Waals surface area (Å²) in [5.74, 6) is 0.348. The van der Waals surface area contributed by atoms with Crippen LogP contribution in [0.3, 0.4) is 0 Å². The Kier molecular flexibility index (Phi) is 5.39. The van der Waals surface area contributed by atoms with Gasteiger partial charge >= 0.3 is 0 Å². The van der Waals surface area contributed by atoms with Crippen LogP contribution in [-0.4, -0.2) is 27.7 Å². The van der Waals surface area contributed by atoms with Gasteiger partial charge in [0.1, 0.15) is 5.75 Å². The molecule has 1 heterocycles. The lowest BCUT2D eigenvalue weighted by atomic mass is 10.0. The van der Waals surface area contributed by atoms with Crippen LogP contribution in [0.15, 0.2) is 54.7 Å². The molecule has 0 saturated carbocycles. The van der Waals surface area contributed by atoms with Gasteiger partial charge in [0.15, 0.2) is 5.69 Å². The number of aryl methyl sites for hydroxylation is 1. The van der Waals surface area contributed by atoms with E-state index in [1.165, 1.54) is 16.8 Å². The molecular formula is C20H20N4O4. The predicted octanol–water partition coefficient (Wildman–Crippen LogP) is 3.59. The van der Waals surface area contributed by atoms with Gasteiger partial charge in [-0.25, -0.2) is 4.68 Å². The first kappa shape index (κ1) is 19.1. The van der Waals surface area contributed by atoms with Crippen LogP contribution in [0.2, 0.25) is 0 Å². The number of hydrogen-bond donors (Lipinski definition) is 1. The van der Waals surface area contributed by atoms with Crippen molar-refractivity contribution in [1.29, 1.82) is 0 Å². The first-order valence-electron chi connectivity index (χ1n) is 8.65. The molecule has 0 aliphatic carbocycles. The van der Waals surface area contributed by atoms with E-state index in [-0.39, 0.29) is 23.3 Å². The molecule has 2 aromatic carbocycles. The minimum absolute atomic E-state index is 0.0424. The van der Waals surface area contributed by atoms with Crippen LogP contribution in [-0.2, 0) is 0 Å². The Hall–Kier alpha value is -3.68. The van der Waals surface area contributed by atoms with Gasteiger partial charge in [0.2, 0.25) is 0 Å². The number of carbonyl (C=O) groups is 1. The average molecular weight is 380 g/mol. The highest BCUT2D eigenvalue weighted by atomic mass is 16.6. The van der Waals surface area contributed by atoms with E-state index in [0.717, 1.165) is 11.1 Å². The lowest BCUT2D eigenvalue weighted by Gasteiger charge is -2.17. The summed E-state index contributed by atoms with van der Waals surface area (Å²) in [4.78, 5) is 23.1. The lowest BCUT2D eigenvalue weighted by molar-refractivity contribution is -0.384. The molecule has 0 spiro atoms. The van der Waals surface area contributed by atoms with Crippen molar-refractivity contribution in [2.24, 2.45) is 0 Å². The zero-order valence-electron chi connectivity index (χ0n) is 15.7. The molecular weight excluding hydrogens is 360 g/mol. The van der Waals surface area contributed by atoms with E-state index >= 15 is 0 Å². The van der Waals surface area contributed by atoms with E-state index in [4.69, 9.17) is 4.74 Å². The van der Waals surface area contributed by atoms with Gasteiger partial charge in [0.25, 0.3) is 11.6 Å². The van der Waals surface area contributed by atoms with Gasteiger partial charge in [0, 0.05) is 23.9 Å². The van der Waals surface area contributed by atoms with Crippen LogP contribution in [0.25, 0.3) is 5.69 Å². The van der Waals surface area contributed by atoms with E-state index in [0.29, 0.717) is 11.4 Å². The summed E-state index contributed by atoms with van der Waals surface area (Å²) in [6.45, 7) is 3.84. The van der Waals surface area contributed by atoms with E-state index in [1.54, 1.807) is 31.5 Å². The second kappa shape index (κ2) is 7.91. The molecule has 0 saturated heterocycles. The quantitative estimate of drug-likeness (QED) is 0.520. The van der Waals surface area contributed by atoms with Crippen LogP contribution >= 0.6 is 0 Å². The van der Waals surface area contributed by atoms with Crippen molar-refractivity contribution in [2.75, 3.05) is 7.11 Å². The van der Waals surface area contributed by atoms with Crippen molar-refractivity contribution >= 4 is 11.6 Å². The summed E-state index contributed by atoms with van der Waals surface area (Å²) in [5, 5.41) is 18.1. The molecule has 1 atom stereocenters. The number of methoxy groups -OCH3 is 1. The Morgan fingerprint density at radius 2 is 2.04 bits per heavy atom. The number of aromatic nitrogens is 2. The first-order valence-corrected chi connectivity index (χ1v) is 8.65. The number of non-ortho nitro benzene ring substituents is 1. The van der Waals surface area contributed by atoms with Gasteiger partial charge < -0.3 is 10.1 Å². The van der Waals surface area contributed by atoms with E-state index in [1.807, 2.05) is 32.0 Å². The fourth-order valence-corrected chi connectivity index (χ4v) is 2.88. The Labute approximate surface area is 161 Å². The molecule has 8 heteroatoms. The molecule has 0 fully saturated rings. The second-order valence-electron chi connectivity index (χ2n) is 6.36. The van der Waals surface area contributed by atoms with Crippen LogP contribution < -0.4 is 10.1 Å². The fourth-order valence-electron chi connectivity index (χ4n) is 2.88. The zero-order valence-corrected chi connectivity index (χ0v) is 15.7. The normalized spacial score (nSPS) is 11.7. The number of nitro groups is 1. The van der Waals surface area contributed by atoms with E-state index in [9.17, 15) is 14.9 Å². The number of rotatable bonds is 6. The molecule has 1 aromatic heterocycles. The number of ether oxygens (including phenoxy) is 1. The average Bonchev–Trinajstić information content (AvgIpc) is 3.18. The third-order valence-electron chi connectivity index (χ3n) is 4.33. The van der Waals surface area contributed by atoms with E-state index in [2.05, 4.69) is 10.4 Å². The van der Waals surface area contributed by atoms with Crippen LogP contribution in [0.5, 0.6) is 5.75 Å². The summed E-state index contributed by atoms with van der Waals surface area (Å²) in [5.41, 5.74) is 2.60. The van der Waals surface area contributed by atoms with Crippen molar-refractivity contribution in [2.45, 2.75) is 19.9 Å². The number of nitrogens with one attached hydrogen (secondary N) is 1. The van der Waals surface area contributed by atoms with Gasteiger partial charge in [-0.15, -0.1) is 0 Å². The Bertz CT molecular complexity index is 1030. The van der Waals surface area contributed by atoms with Crippen LogP contribution in [0.1, 0.15) is 34.6 Å². The van der Waals surface area contributed by atoms with Crippen molar-refractivity contribution in [3.8, 4) is 11.4 Å². The number of amides is 1. The third kappa shape index (κ3) is 4.01. The van der Waals surface area contributed by atoms with Crippen molar-refractivity contribution in [3.05, 3.63) is 81.7 Å². The maximum absolute atomic E-state index is 12.6. The lowest BCUT2D eigenvalue weighted by Crippen LogP contribution is -2.27. The van der Waals surface area contributed by atoms with Crippen molar-refractivity contribution in [3.63, 3.8) is 0 Å². The Balaban J connectivity index is 1.79. The highest BCUT2D eigenvalue weighted by Crippen LogP contribution is 2.26. The fraction of sp³-hybridized carbons (Fsp3) is 0.200. The Morgan fingerprint density at radius 3 is 2.75 bits per heavy atom. The SMILES string of the molecule is COc1ccc(C)cc1C(C)NC(=O)c1ccn(-c2cccc([N+](=O)[O-])c2)n1. The standard InChI is InChI=1S/C20H20N4O4/c1-13-7-8-19(28-3)17(11-13)14(2)21-20(25)18-9-10-23(22-18)15-5-4-6-16(12-15)24(26)27/h4-12,14H,1-3H3,(H,21,25). The van der Waals surface area contributed by atoms with E-state index < -0.39 is 4.92 Å². The summed E-state index contributed by atoms with van der Waals surface area (Å²) >= 11 is 0. The molecule has 0 bridgehead atoms.